The summed E-state index contributed by atoms with van der Waals surface area (Å²) in [6.07, 6.45) is 0. The van der Waals surface area contributed by atoms with E-state index in [9.17, 15) is 0 Å². The van der Waals surface area contributed by atoms with Crippen molar-refractivity contribution in [3.05, 3.63) is 65.2 Å². The largest absolute Gasteiger partial charge is 0.399 e. The van der Waals surface area contributed by atoms with Crippen LogP contribution in [0.25, 0.3) is 0 Å². The maximum atomic E-state index is 5.86. The molecule has 0 spiro atoms. The highest BCUT2D eigenvalue weighted by molar-refractivity contribution is 5.46. The van der Waals surface area contributed by atoms with E-state index in [-0.39, 0.29) is 0 Å². The maximum Gasteiger partial charge on any atom is 0.0478 e. The minimum absolute atomic E-state index is 0.455. The lowest BCUT2D eigenvalue weighted by Crippen LogP contribution is -2.50. The van der Waals surface area contributed by atoms with Gasteiger partial charge in [-0.3, -0.25) is 4.90 Å². The molecular formula is C19H23N3. The summed E-state index contributed by atoms with van der Waals surface area (Å²) in [4.78, 5) is 5.10. The Kier molecular flexibility index (Phi) is 3.40. The molecule has 1 fully saturated rings. The van der Waals surface area contributed by atoms with Gasteiger partial charge in [0, 0.05) is 43.8 Å². The summed E-state index contributed by atoms with van der Waals surface area (Å²) >= 11 is 0. The number of anilines is 1. The molecule has 2 aliphatic rings. The molecule has 0 bridgehead atoms. The molecular weight excluding hydrogens is 270 g/mol. The molecule has 2 aromatic carbocycles. The number of benzene rings is 2. The van der Waals surface area contributed by atoms with Crippen LogP contribution in [0.5, 0.6) is 0 Å². The number of piperazine rings is 1. The van der Waals surface area contributed by atoms with Gasteiger partial charge in [0.25, 0.3) is 0 Å². The fourth-order valence-corrected chi connectivity index (χ4v) is 3.95. The van der Waals surface area contributed by atoms with Crippen molar-refractivity contribution in [2.45, 2.75) is 12.0 Å². The van der Waals surface area contributed by atoms with E-state index in [2.05, 4.69) is 53.2 Å². The standard InChI is InChI=1S/C19H23N3/c1-21-10-11-22-12-18(14-6-8-15(20)9-7-14)16-4-2-3-5-17(16)19(22)13-21/h2-9,18-19H,10-13,20H2,1H3/t18-,19+/m0/s1. The molecule has 3 nitrogen and oxygen atoms in total. The molecule has 2 heterocycles. The summed E-state index contributed by atoms with van der Waals surface area (Å²) < 4.78 is 0. The molecule has 2 atom stereocenters. The van der Waals surface area contributed by atoms with Gasteiger partial charge in [0.1, 0.15) is 0 Å². The van der Waals surface area contributed by atoms with Gasteiger partial charge in [0.15, 0.2) is 0 Å². The molecule has 1 saturated heterocycles. The van der Waals surface area contributed by atoms with E-state index >= 15 is 0 Å². The van der Waals surface area contributed by atoms with Crippen molar-refractivity contribution in [1.82, 2.24) is 9.80 Å². The summed E-state index contributed by atoms with van der Waals surface area (Å²) in [6.45, 7) is 4.55. The zero-order valence-electron chi connectivity index (χ0n) is 13.1. The maximum absolute atomic E-state index is 5.86. The van der Waals surface area contributed by atoms with Crippen molar-refractivity contribution >= 4 is 5.69 Å². The number of rotatable bonds is 1. The molecule has 0 aliphatic carbocycles. The van der Waals surface area contributed by atoms with Gasteiger partial charge in [-0.1, -0.05) is 36.4 Å². The predicted octanol–water partition coefficient (Wildman–Crippen LogP) is 2.70. The van der Waals surface area contributed by atoms with Crippen LogP contribution in [0, 0.1) is 0 Å². The molecule has 0 amide bonds. The van der Waals surface area contributed by atoms with Crippen molar-refractivity contribution < 1.29 is 0 Å². The molecule has 0 unspecified atom stereocenters. The topological polar surface area (TPSA) is 32.5 Å². The van der Waals surface area contributed by atoms with Gasteiger partial charge >= 0.3 is 0 Å². The summed E-state index contributed by atoms with van der Waals surface area (Å²) in [6, 6.07) is 17.9. The molecule has 0 saturated carbocycles. The number of nitrogen functional groups attached to an aromatic ring is 1. The second-order valence-electron chi connectivity index (χ2n) is 6.62. The van der Waals surface area contributed by atoms with Crippen molar-refractivity contribution in [1.29, 1.82) is 0 Å². The summed E-state index contributed by atoms with van der Waals surface area (Å²) in [5.74, 6) is 0.455. The van der Waals surface area contributed by atoms with Crippen LogP contribution < -0.4 is 5.73 Å². The molecule has 2 aliphatic heterocycles. The van der Waals surface area contributed by atoms with Gasteiger partial charge in [-0.15, -0.1) is 0 Å². The second kappa shape index (κ2) is 5.41. The number of nitrogens with two attached hydrogens (primary N) is 1. The van der Waals surface area contributed by atoms with Gasteiger partial charge in [-0.2, -0.15) is 0 Å². The molecule has 2 N–H and O–H groups in total. The average molecular weight is 293 g/mol. The van der Waals surface area contributed by atoms with E-state index in [1.54, 1.807) is 0 Å². The van der Waals surface area contributed by atoms with Crippen LogP contribution in [0.4, 0.5) is 5.69 Å². The van der Waals surface area contributed by atoms with Crippen LogP contribution in [-0.4, -0.2) is 43.0 Å². The lowest BCUT2D eigenvalue weighted by molar-refractivity contribution is 0.0772. The Morgan fingerprint density at radius 2 is 1.64 bits per heavy atom. The van der Waals surface area contributed by atoms with Crippen LogP contribution in [0.1, 0.15) is 28.7 Å². The Morgan fingerprint density at radius 1 is 0.909 bits per heavy atom. The zero-order valence-corrected chi connectivity index (χ0v) is 13.1. The van der Waals surface area contributed by atoms with Crippen LogP contribution >= 0.6 is 0 Å². The Morgan fingerprint density at radius 3 is 2.41 bits per heavy atom. The van der Waals surface area contributed by atoms with E-state index in [1.165, 1.54) is 16.7 Å². The number of nitrogens with zero attached hydrogens (tertiary/aromatic N) is 2. The number of likely N-dealkylation sites (N-methyl/N-ethyl adjacent to an activating group) is 1. The lowest BCUT2D eigenvalue weighted by Gasteiger charge is -2.46. The molecule has 2 aromatic rings. The smallest absolute Gasteiger partial charge is 0.0478 e. The Bertz CT molecular complexity index is 665. The van der Waals surface area contributed by atoms with Gasteiger partial charge in [0.2, 0.25) is 0 Å². The lowest BCUT2D eigenvalue weighted by atomic mass is 9.80. The van der Waals surface area contributed by atoms with Gasteiger partial charge in [-0.25, -0.2) is 0 Å². The third-order valence-corrected chi connectivity index (χ3v) is 5.18. The van der Waals surface area contributed by atoms with E-state index in [0.717, 1.165) is 31.9 Å². The SMILES string of the molecule is CN1CCN2C[C@@H](c3ccc(N)cc3)c3ccccc3[C@H]2C1. The van der Waals surface area contributed by atoms with Gasteiger partial charge < -0.3 is 10.6 Å². The fourth-order valence-electron chi connectivity index (χ4n) is 3.95. The van der Waals surface area contributed by atoms with E-state index in [4.69, 9.17) is 5.73 Å². The quantitative estimate of drug-likeness (QED) is 0.821. The molecule has 3 heteroatoms. The first-order valence-corrected chi connectivity index (χ1v) is 8.09. The monoisotopic (exact) mass is 293 g/mol. The molecule has 114 valence electrons. The summed E-state index contributed by atoms with van der Waals surface area (Å²) in [5, 5.41) is 0. The number of hydrogen-bond donors (Lipinski definition) is 1. The highest BCUT2D eigenvalue weighted by Gasteiger charge is 2.36. The molecule has 4 rings (SSSR count). The second-order valence-corrected chi connectivity index (χ2v) is 6.62. The normalized spacial score (nSPS) is 25.5. The molecule has 22 heavy (non-hydrogen) atoms. The van der Waals surface area contributed by atoms with Crippen LogP contribution in [-0.2, 0) is 0 Å². The molecule has 0 radical (unpaired) electrons. The highest BCUT2D eigenvalue weighted by Crippen LogP contribution is 2.40. The first kappa shape index (κ1) is 13.8. The fraction of sp³-hybridized carbons (Fsp3) is 0.368. The van der Waals surface area contributed by atoms with E-state index in [0.29, 0.717) is 12.0 Å². The van der Waals surface area contributed by atoms with Gasteiger partial charge in [-0.05, 0) is 35.9 Å². The summed E-state index contributed by atoms with van der Waals surface area (Å²) in [5.41, 5.74) is 11.1. The average Bonchev–Trinajstić information content (AvgIpc) is 2.55. The van der Waals surface area contributed by atoms with Crippen molar-refractivity contribution in [3.8, 4) is 0 Å². The highest BCUT2D eigenvalue weighted by atomic mass is 15.3. The van der Waals surface area contributed by atoms with Gasteiger partial charge in [0.05, 0.1) is 0 Å². The predicted molar refractivity (Wildman–Crippen MR) is 91.0 cm³/mol. The minimum atomic E-state index is 0.455. The van der Waals surface area contributed by atoms with E-state index < -0.39 is 0 Å². The summed E-state index contributed by atoms with van der Waals surface area (Å²) in [7, 11) is 2.23. The Labute approximate surface area is 132 Å². The number of fused-ring (bicyclic) bond motifs is 3. The third-order valence-electron chi connectivity index (χ3n) is 5.18. The third kappa shape index (κ3) is 2.31. The van der Waals surface area contributed by atoms with Crippen molar-refractivity contribution in [2.24, 2.45) is 0 Å². The van der Waals surface area contributed by atoms with Crippen molar-refractivity contribution in [2.75, 3.05) is 39.0 Å². The van der Waals surface area contributed by atoms with Crippen LogP contribution in [0.3, 0.4) is 0 Å². The molecule has 0 aromatic heterocycles. The van der Waals surface area contributed by atoms with Crippen molar-refractivity contribution in [3.63, 3.8) is 0 Å². The van der Waals surface area contributed by atoms with Crippen LogP contribution in [0.15, 0.2) is 48.5 Å². The first-order valence-electron chi connectivity index (χ1n) is 8.09. The minimum Gasteiger partial charge on any atom is -0.399 e. The zero-order chi connectivity index (χ0) is 15.1. The van der Waals surface area contributed by atoms with Crippen LogP contribution in [0.2, 0.25) is 0 Å². The Balaban J connectivity index is 1.77. The Hall–Kier alpha value is -1.84. The first-order chi connectivity index (χ1) is 10.7. The number of hydrogen-bond acceptors (Lipinski definition) is 3. The van der Waals surface area contributed by atoms with E-state index in [1.807, 2.05) is 12.1 Å².